The molecule has 1 aromatic heterocycles. The Balaban J connectivity index is 0.00000150. The largest absolute Gasteiger partial charge is 0.399 e. The summed E-state index contributed by atoms with van der Waals surface area (Å²) in [6.45, 7) is 2.95. The molecule has 7 heteroatoms. The van der Waals surface area contributed by atoms with Gasteiger partial charge in [0.1, 0.15) is 6.54 Å². The Hall–Kier alpha value is -3.02. The molecule has 6 N–H and O–H groups in total. The van der Waals surface area contributed by atoms with Crippen molar-refractivity contribution in [1.29, 1.82) is 0 Å². The summed E-state index contributed by atoms with van der Waals surface area (Å²) in [5.74, 6) is 0.0486. The molecule has 0 unspecified atom stereocenters. The highest BCUT2D eigenvalue weighted by molar-refractivity contribution is 6.10. The highest BCUT2D eigenvalue weighted by Crippen LogP contribution is 2.34. The van der Waals surface area contributed by atoms with Gasteiger partial charge in [0.05, 0.1) is 16.5 Å². The Labute approximate surface area is 182 Å². The van der Waals surface area contributed by atoms with E-state index in [0.29, 0.717) is 0 Å². The number of rotatable bonds is 3. The summed E-state index contributed by atoms with van der Waals surface area (Å²) in [7, 11) is 0. The van der Waals surface area contributed by atoms with Crippen molar-refractivity contribution in [1.82, 2.24) is 0 Å². The fourth-order valence-electron chi connectivity index (χ4n) is 3.68. The summed E-state index contributed by atoms with van der Waals surface area (Å²) in [6, 6.07) is 22.4. The van der Waals surface area contributed by atoms with Crippen molar-refractivity contribution in [3.63, 3.8) is 0 Å². The number of aliphatic imine (C=N–C) groups is 1. The number of guanidine groups is 1. The molecule has 0 bridgehead atoms. The third-order valence-corrected chi connectivity index (χ3v) is 4.75. The number of pyridine rings is 1. The normalized spacial score (nSPS) is 10.2. The number of hydrogen-bond donors (Lipinski definition) is 3. The Morgan fingerprint density at radius 3 is 2.21 bits per heavy atom. The van der Waals surface area contributed by atoms with Crippen molar-refractivity contribution >= 4 is 63.8 Å². The second-order valence-electron chi connectivity index (χ2n) is 6.50. The number of hydrogen-bond acceptors (Lipinski definition) is 2. The summed E-state index contributed by atoms with van der Waals surface area (Å²) in [5.41, 5.74) is 22.1. The van der Waals surface area contributed by atoms with Gasteiger partial charge in [-0.15, -0.1) is 24.8 Å². The molecule has 1 heterocycles. The lowest BCUT2D eigenvalue weighted by atomic mass is 9.98. The number of nitrogens with two attached hydrogens (primary N) is 3. The van der Waals surface area contributed by atoms with Gasteiger partial charge in [-0.2, -0.15) is 4.57 Å². The van der Waals surface area contributed by atoms with E-state index in [1.54, 1.807) is 0 Å². The first-order valence-corrected chi connectivity index (χ1v) is 8.92. The zero-order valence-electron chi connectivity index (χ0n) is 16.0. The van der Waals surface area contributed by atoms with E-state index < -0.39 is 0 Å². The molecule has 0 fully saturated rings. The van der Waals surface area contributed by atoms with Crippen molar-refractivity contribution in [2.75, 3.05) is 5.73 Å². The van der Waals surface area contributed by atoms with Crippen LogP contribution in [0.2, 0.25) is 0 Å². The van der Waals surface area contributed by atoms with E-state index in [0.717, 1.165) is 50.9 Å². The van der Waals surface area contributed by atoms with Crippen molar-refractivity contribution in [3.8, 4) is 11.3 Å². The molecule has 0 radical (unpaired) electrons. The zero-order valence-corrected chi connectivity index (χ0v) is 17.6. The van der Waals surface area contributed by atoms with Crippen LogP contribution >= 0.6 is 24.8 Å². The van der Waals surface area contributed by atoms with Gasteiger partial charge in [0, 0.05) is 22.7 Å². The lowest BCUT2D eigenvalue weighted by Crippen LogP contribution is -2.36. The molecule has 0 saturated carbocycles. The van der Waals surface area contributed by atoms with Gasteiger partial charge in [-0.05, 0) is 43.3 Å². The minimum Gasteiger partial charge on any atom is -0.399 e. The molecule has 150 valence electrons. The Morgan fingerprint density at radius 1 is 0.862 bits per heavy atom. The Morgan fingerprint density at radius 2 is 1.55 bits per heavy atom. The number of halogens is 2. The van der Waals surface area contributed by atoms with Crippen LogP contribution in [0.15, 0.2) is 71.7 Å². The molecular formula is C22H24Cl2N5+. The average Bonchev–Trinajstić information content (AvgIpc) is 2.66. The topological polar surface area (TPSA) is 94.3 Å². The molecule has 0 amide bonds. The van der Waals surface area contributed by atoms with Gasteiger partial charge in [0.15, 0.2) is 5.96 Å². The monoisotopic (exact) mass is 428 g/mol. The van der Waals surface area contributed by atoms with Crippen LogP contribution in [0.3, 0.4) is 0 Å². The van der Waals surface area contributed by atoms with Crippen LogP contribution in [-0.2, 0) is 6.54 Å². The third-order valence-electron chi connectivity index (χ3n) is 4.75. The summed E-state index contributed by atoms with van der Waals surface area (Å²) < 4.78 is 2.29. The fraction of sp³-hybridized carbons (Fsp3) is 0.0909. The lowest BCUT2D eigenvalue weighted by molar-refractivity contribution is -0.655. The van der Waals surface area contributed by atoms with Crippen LogP contribution in [-0.4, -0.2) is 5.96 Å². The molecule has 4 aromatic rings. The molecule has 0 aliphatic heterocycles. The van der Waals surface area contributed by atoms with Crippen LogP contribution in [0.1, 0.15) is 6.92 Å². The quantitative estimate of drug-likeness (QED) is 0.149. The Bertz CT molecular complexity index is 1190. The van der Waals surface area contributed by atoms with Gasteiger partial charge >= 0.3 is 0 Å². The van der Waals surface area contributed by atoms with E-state index in [2.05, 4.69) is 40.7 Å². The van der Waals surface area contributed by atoms with Crippen LogP contribution in [0.25, 0.3) is 32.9 Å². The maximum absolute atomic E-state index is 6.10. The molecule has 4 rings (SSSR count). The van der Waals surface area contributed by atoms with Gasteiger partial charge in [-0.1, -0.05) is 24.3 Å². The van der Waals surface area contributed by atoms with Gasteiger partial charge in [0.25, 0.3) is 0 Å². The van der Waals surface area contributed by atoms with E-state index in [4.69, 9.17) is 17.2 Å². The smallest absolute Gasteiger partial charge is 0.220 e. The van der Waals surface area contributed by atoms with Crippen LogP contribution in [0.4, 0.5) is 11.4 Å². The number of anilines is 1. The van der Waals surface area contributed by atoms with Crippen LogP contribution in [0, 0.1) is 0 Å². The fourth-order valence-corrected chi connectivity index (χ4v) is 3.68. The standard InChI is InChI=1S/C22H21N5.2ClH/c1-2-27-20-12-15(23)8-10-18(20)17-11-9-16(26-22(24)25)13-19(17)21(27)14-6-4-3-5-7-14;;/h3-13,23H,2H2,1H3,(H4,24,25,26);2*1H/p+1. The number of fused-ring (bicyclic) bond motifs is 3. The maximum Gasteiger partial charge on any atom is 0.220 e. The number of nitrogens with zero attached hydrogens (tertiary/aromatic N) is 2. The first kappa shape index (κ1) is 22.3. The number of aromatic nitrogens is 1. The highest BCUT2D eigenvalue weighted by Gasteiger charge is 2.22. The van der Waals surface area contributed by atoms with Crippen molar-refractivity contribution in [2.24, 2.45) is 16.5 Å². The first-order chi connectivity index (χ1) is 13.1. The number of aryl methyl sites for hydroxylation is 1. The highest BCUT2D eigenvalue weighted by atomic mass is 35.5. The maximum atomic E-state index is 6.10. The van der Waals surface area contributed by atoms with Crippen LogP contribution < -0.4 is 21.8 Å². The molecule has 0 aliphatic rings. The van der Waals surface area contributed by atoms with Gasteiger partial charge in [-0.25, -0.2) is 4.99 Å². The van der Waals surface area contributed by atoms with Gasteiger partial charge < -0.3 is 17.2 Å². The van der Waals surface area contributed by atoms with E-state index in [1.165, 1.54) is 0 Å². The lowest BCUT2D eigenvalue weighted by Gasteiger charge is -2.12. The van der Waals surface area contributed by atoms with E-state index >= 15 is 0 Å². The molecule has 0 aliphatic carbocycles. The molecule has 0 spiro atoms. The SMILES string of the molecule is CC[n+]1c(-c2ccccc2)c2cc(N=C(N)N)ccc2c2ccc(N)cc21.Cl.Cl. The summed E-state index contributed by atoms with van der Waals surface area (Å²) in [6.07, 6.45) is 0. The molecule has 0 saturated heterocycles. The molecule has 0 atom stereocenters. The minimum absolute atomic E-state index is 0. The third kappa shape index (κ3) is 4.06. The second-order valence-corrected chi connectivity index (χ2v) is 6.50. The molecule has 5 nitrogen and oxygen atoms in total. The first-order valence-electron chi connectivity index (χ1n) is 8.92. The predicted molar refractivity (Wildman–Crippen MR) is 127 cm³/mol. The average molecular weight is 429 g/mol. The number of benzene rings is 3. The molecule has 3 aromatic carbocycles. The summed E-state index contributed by atoms with van der Waals surface area (Å²) in [4.78, 5) is 4.24. The van der Waals surface area contributed by atoms with Gasteiger partial charge in [-0.3, -0.25) is 0 Å². The van der Waals surface area contributed by atoms with E-state index in [1.807, 2.05) is 42.5 Å². The minimum atomic E-state index is 0. The zero-order chi connectivity index (χ0) is 19.0. The van der Waals surface area contributed by atoms with Crippen molar-refractivity contribution in [3.05, 3.63) is 66.7 Å². The second kappa shape index (κ2) is 8.99. The van der Waals surface area contributed by atoms with Crippen molar-refractivity contribution < 1.29 is 4.57 Å². The van der Waals surface area contributed by atoms with Crippen molar-refractivity contribution in [2.45, 2.75) is 13.5 Å². The molecule has 29 heavy (non-hydrogen) atoms. The molecular weight excluding hydrogens is 405 g/mol. The summed E-state index contributed by atoms with van der Waals surface area (Å²) in [5, 5.41) is 3.39. The van der Waals surface area contributed by atoms with Crippen LogP contribution in [0.5, 0.6) is 0 Å². The Kier molecular flexibility index (Phi) is 6.90. The van der Waals surface area contributed by atoms with E-state index in [-0.39, 0.29) is 30.8 Å². The van der Waals surface area contributed by atoms with E-state index in [9.17, 15) is 0 Å². The summed E-state index contributed by atoms with van der Waals surface area (Å²) >= 11 is 0. The predicted octanol–water partition coefficient (Wildman–Crippen LogP) is 4.30. The number of nitrogen functional groups attached to an aromatic ring is 1. The van der Waals surface area contributed by atoms with Gasteiger partial charge in [0.2, 0.25) is 11.2 Å².